The van der Waals surface area contributed by atoms with E-state index in [0.29, 0.717) is 17.3 Å². The number of rotatable bonds is 5. The van der Waals surface area contributed by atoms with E-state index in [1.54, 1.807) is 0 Å². The van der Waals surface area contributed by atoms with Crippen molar-refractivity contribution >= 4 is 23.2 Å². The fourth-order valence-corrected chi connectivity index (χ4v) is 2.49. The summed E-state index contributed by atoms with van der Waals surface area (Å²) in [6, 6.07) is 11.3. The molecule has 4 heteroatoms. The van der Waals surface area contributed by atoms with E-state index < -0.39 is 0 Å². The van der Waals surface area contributed by atoms with Crippen molar-refractivity contribution < 1.29 is 4.74 Å². The van der Waals surface area contributed by atoms with Gasteiger partial charge < -0.3 is 10.5 Å². The van der Waals surface area contributed by atoms with Crippen LogP contribution in [-0.2, 0) is 12.8 Å². The van der Waals surface area contributed by atoms with Gasteiger partial charge in [0.05, 0.1) is 0 Å². The molecular weight excluding hydrogens is 293 g/mol. The van der Waals surface area contributed by atoms with Gasteiger partial charge in [-0.25, -0.2) is 0 Å². The van der Waals surface area contributed by atoms with Gasteiger partial charge in [0.25, 0.3) is 0 Å². The normalized spacial score (nSPS) is 10.6. The molecule has 2 rings (SSSR count). The number of hydrogen-bond acceptors (Lipinski definition) is 2. The maximum Gasteiger partial charge on any atom is 0.128 e. The molecule has 0 fully saturated rings. The molecule has 0 atom stereocenters. The maximum atomic E-state index is 6.20. The number of nitrogens with two attached hydrogens (primary N) is 1. The molecule has 0 saturated carbocycles. The van der Waals surface area contributed by atoms with Crippen LogP contribution in [-0.4, -0.2) is 6.54 Å². The van der Waals surface area contributed by atoms with Crippen LogP contribution in [0.15, 0.2) is 36.4 Å². The number of aryl methyl sites for hydroxylation is 1. The van der Waals surface area contributed by atoms with Crippen molar-refractivity contribution in [3.05, 3.63) is 57.6 Å². The van der Waals surface area contributed by atoms with Crippen LogP contribution in [0.5, 0.6) is 11.5 Å². The summed E-state index contributed by atoms with van der Waals surface area (Å²) in [7, 11) is 0. The standard InChI is InChI=1S/C16H17Cl2NO/c1-2-11-9-13(5-6-15(11)17)20-14-4-3-12(7-8-19)16(18)10-14/h3-6,9-10H,2,7-8,19H2,1H3. The van der Waals surface area contributed by atoms with E-state index >= 15 is 0 Å². The molecule has 2 N–H and O–H groups in total. The molecule has 0 amide bonds. The van der Waals surface area contributed by atoms with Crippen LogP contribution in [0, 0.1) is 0 Å². The number of benzene rings is 2. The van der Waals surface area contributed by atoms with Gasteiger partial charge in [0, 0.05) is 10.0 Å². The fourth-order valence-electron chi connectivity index (χ4n) is 1.97. The van der Waals surface area contributed by atoms with Crippen molar-refractivity contribution in [2.45, 2.75) is 19.8 Å². The van der Waals surface area contributed by atoms with E-state index in [2.05, 4.69) is 6.92 Å². The minimum Gasteiger partial charge on any atom is -0.457 e. The van der Waals surface area contributed by atoms with Gasteiger partial charge in [-0.15, -0.1) is 0 Å². The SMILES string of the molecule is CCc1cc(Oc2ccc(CCN)c(Cl)c2)ccc1Cl. The van der Waals surface area contributed by atoms with Crippen LogP contribution in [0.4, 0.5) is 0 Å². The van der Waals surface area contributed by atoms with Crippen LogP contribution < -0.4 is 10.5 Å². The van der Waals surface area contributed by atoms with Gasteiger partial charge in [-0.05, 0) is 60.8 Å². The second-order valence-corrected chi connectivity index (χ2v) is 5.32. The number of halogens is 2. The van der Waals surface area contributed by atoms with E-state index in [1.165, 1.54) is 0 Å². The van der Waals surface area contributed by atoms with Crippen molar-refractivity contribution in [3.63, 3.8) is 0 Å². The Morgan fingerprint density at radius 2 is 1.65 bits per heavy atom. The van der Waals surface area contributed by atoms with Gasteiger partial charge in [0.2, 0.25) is 0 Å². The Bertz CT molecular complexity index is 599. The summed E-state index contributed by atoms with van der Waals surface area (Å²) in [5.74, 6) is 1.47. The first kappa shape index (κ1) is 15.2. The zero-order chi connectivity index (χ0) is 14.5. The van der Waals surface area contributed by atoms with Gasteiger partial charge in [0.1, 0.15) is 11.5 Å². The lowest BCUT2D eigenvalue weighted by Gasteiger charge is -2.10. The number of ether oxygens (including phenoxy) is 1. The summed E-state index contributed by atoms with van der Waals surface area (Å²) in [5, 5.41) is 1.44. The van der Waals surface area contributed by atoms with Gasteiger partial charge >= 0.3 is 0 Å². The second kappa shape index (κ2) is 6.98. The van der Waals surface area contributed by atoms with Crippen molar-refractivity contribution in [2.24, 2.45) is 5.73 Å². The molecule has 0 heterocycles. The first-order valence-corrected chi connectivity index (χ1v) is 7.34. The highest BCUT2D eigenvalue weighted by Gasteiger charge is 2.05. The summed E-state index contributed by atoms with van der Waals surface area (Å²) in [5.41, 5.74) is 7.63. The van der Waals surface area contributed by atoms with Crippen LogP contribution in [0.1, 0.15) is 18.1 Å². The maximum absolute atomic E-state index is 6.20. The first-order chi connectivity index (χ1) is 9.63. The van der Waals surface area contributed by atoms with E-state index in [-0.39, 0.29) is 0 Å². The summed E-state index contributed by atoms with van der Waals surface area (Å²) >= 11 is 12.3. The summed E-state index contributed by atoms with van der Waals surface area (Å²) in [6.45, 7) is 2.64. The molecule has 0 aliphatic carbocycles. The fraction of sp³-hybridized carbons (Fsp3) is 0.250. The third-order valence-corrected chi connectivity index (χ3v) is 3.79. The Kier molecular flexibility index (Phi) is 5.30. The van der Waals surface area contributed by atoms with Crippen molar-refractivity contribution in [1.29, 1.82) is 0 Å². The molecular formula is C16H17Cl2NO. The lowest BCUT2D eigenvalue weighted by molar-refractivity contribution is 0.482. The predicted molar refractivity (Wildman–Crippen MR) is 85.1 cm³/mol. The molecule has 0 bridgehead atoms. The lowest BCUT2D eigenvalue weighted by atomic mass is 10.1. The zero-order valence-corrected chi connectivity index (χ0v) is 12.8. The molecule has 2 aromatic rings. The summed E-state index contributed by atoms with van der Waals surface area (Å²) < 4.78 is 5.82. The second-order valence-electron chi connectivity index (χ2n) is 4.50. The summed E-state index contributed by atoms with van der Waals surface area (Å²) in [4.78, 5) is 0. The first-order valence-electron chi connectivity index (χ1n) is 6.58. The quantitative estimate of drug-likeness (QED) is 0.857. The van der Waals surface area contributed by atoms with Gasteiger partial charge in [-0.1, -0.05) is 36.2 Å². The van der Waals surface area contributed by atoms with E-state index in [0.717, 1.165) is 34.7 Å². The van der Waals surface area contributed by atoms with Gasteiger partial charge in [-0.3, -0.25) is 0 Å². The van der Waals surface area contributed by atoms with Crippen molar-refractivity contribution in [2.75, 3.05) is 6.54 Å². The highest BCUT2D eigenvalue weighted by atomic mass is 35.5. The Morgan fingerprint density at radius 3 is 2.30 bits per heavy atom. The molecule has 20 heavy (non-hydrogen) atoms. The van der Waals surface area contributed by atoms with E-state index in [9.17, 15) is 0 Å². The molecule has 0 unspecified atom stereocenters. The van der Waals surface area contributed by atoms with Crippen molar-refractivity contribution in [3.8, 4) is 11.5 Å². The van der Waals surface area contributed by atoms with Crippen molar-refractivity contribution in [1.82, 2.24) is 0 Å². The molecule has 0 aliphatic rings. The Morgan fingerprint density at radius 1 is 0.950 bits per heavy atom. The molecule has 2 aromatic carbocycles. The van der Waals surface area contributed by atoms with Crippen LogP contribution in [0.2, 0.25) is 10.0 Å². The topological polar surface area (TPSA) is 35.2 Å². The van der Waals surface area contributed by atoms with Crippen LogP contribution in [0.3, 0.4) is 0 Å². The van der Waals surface area contributed by atoms with Gasteiger partial charge in [0.15, 0.2) is 0 Å². The summed E-state index contributed by atoms with van der Waals surface area (Å²) in [6.07, 6.45) is 1.63. The molecule has 2 nitrogen and oxygen atoms in total. The largest absolute Gasteiger partial charge is 0.457 e. The third-order valence-electron chi connectivity index (χ3n) is 3.07. The smallest absolute Gasteiger partial charge is 0.128 e. The minimum atomic E-state index is 0.580. The lowest BCUT2D eigenvalue weighted by Crippen LogP contribution is -2.03. The minimum absolute atomic E-state index is 0.580. The third kappa shape index (κ3) is 3.66. The van der Waals surface area contributed by atoms with Crippen LogP contribution >= 0.6 is 23.2 Å². The molecule has 0 radical (unpaired) electrons. The highest BCUT2D eigenvalue weighted by molar-refractivity contribution is 6.31. The molecule has 0 aliphatic heterocycles. The van der Waals surface area contributed by atoms with Crippen LogP contribution in [0.25, 0.3) is 0 Å². The number of hydrogen-bond donors (Lipinski definition) is 1. The van der Waals surface area contributed by atoms with E-state index in [4.69, 9.17) is 33.7 Å². The molecule has 0 spiro atoms. The average Bonchev–Trinajstić information content (AvgIpc) is 2.44. The molecule has 106 valence electrons. The Labute approximate surface area is 129 Å². The highest BCUT2D eigenvalue weighted by Crippen LogP contribution is 2.29. The van der Waals surface area contributed by atoms with E-state index in [1.807, 2.05) is 36.4 Å². The monoisotopic (exact) mass is 309 g/mol. The molecule has 0 saturated heterocycles. The Hall–Kier alpha value is -1.22. The predicted octanol–water partition coefficient (Wildman–Crippen LogP) is 4.85. The Balaban J connectivity index is 2.19. The average molecular weight is 310 g/mol. The van der Waals surface area contributed by atoms with Gasteiger partial charge in [-0.2, -0.15) is 0 Å². The molecule has 0 aromatic heterocycles. The zero-order valence-electron chi connectivity index (χ0n) is 11.3.